The number of halogens is 4. The Morgan fingerprint density at radius 3 is 2.57 bits per heavy atom. The average Bonchev–Trinajstić information content (AvgIpc) is 3.62. The first-order valence-corrected chi connectivity index (χ1v) is 15.8. The molecule has 2 aliphatic heterocycles. The summed E-state index contributed by atoms with van der Waals surface area (Å²) < 4.78 is 63.3. The van der Waals surface area contributed by atoms with E-state index in [1.165, 1.54) is 6.20 Å². The maximum Gasteiger partial charge on any atom is 0.418 e. The number of hydrogen-bond donors (Lipinski definition) is 2. The Labute approximate surface area is 269 Å². The zero-order valence-corrected chi connectivity index (χ0v) is 26.2. The molecule has 0 radical (unpaired) electrons. The van der Waals surface area contributed by atoms with Gasteiger partial charge in [-0.25, -0.2) is 9.37 Å². The molecule has 3 aromatic heterocycles. The minimum atomic E-state index is -4.60. The van der Waals surface area contributed by atoms with Crippen molar-refractivity contribution in [2.75, 3.05) is 33.2 Å². The van der Waals surface area contributed by atoms with E-state index in [1.54, 1.807) is 23.1 Å². The molecular formula is C34H36F4N6O3. The molecule has 2 N–H and O–H groups in total. The highest BCUT2D eigenvalue weighted by molar-refractivity contribution is 5.84. The van der Waals surface area contributed by atoms with Crippen LogP contribution in [0.3, 0.4) is 0 Å². The van der Waals surface area contributed by atoms with Crippen LogP contribution in [0.4, 0.5) is 17.6 Å². The number of pyridine rings is 2. The number of amides is 1. The Kier molecular flexibility index (Phi) is 7.96. The number of aliphatic hydroxyl groups is 1. The van der Waals surface area contributed by atoms with Crippen LogP contribution in [-0.2, 0) is 42.5 Å². The summed E-state index contributed by atoms with van der Waals surface area (Å²) in [5.74, 6) is -0.630. The lowest BCUT2D eigenvalue weighted by Crippen LogP contribution is -2.44. The van der Waals surface area contributed by atoms with Crippen molar-refractivity contribution in [2.45, 2.75) is 63.5 Å². The van der Waals surface area contributed by atoms with Crippen LogP contribution in [0.2, 0.25) is 0 Å². The summed E-state index contributed by atoms with van der Waals surface area (Å²) in [5.41, 5.74) is 1.18. The van der Waals surface area contributed by atoms with Crippen molar-refractivity contribution < 1.29 is 32.2 Å². The standard InChI is InChI=1S/C34H36F4N6O3/c1-20-11-22-3-4-24(47-31-25-15-29(33(46)5-6-33)41-32(25)40-17-27(31)35)14-23(22)18-44(20)30(45)13-21-12-26(34(36,37)38)28(39-16-21)19-43-9-7-42(2)8-10-43/h3-4,12,14-17,20,46H,5-11,13,18-19H2,1-2H3,(H,40,41)/t20-/m1/s1. The molecule has 1 amide bonds. The van der Waals surface area contributed by atoms with Crippen LogP contribution in [0, 0.1) is 5.82 Å². The van der Waals surface area contributed by atoms with E-state index in [1.807, 2.05) is 24.9 Å². The number of hydrogen-bond acceptors (Lipinski definition) is 7. The minimum Gasteiger partial charge on any atom is -0.453 e. The lowest BCUT2D eigenvalue weighted by molar-refractivity contribution is -0.139. The maximum absolute atomic E-state index is 15.0. The number of carbonyl (C=O) groups excluding carboxylic acids is 1. The van der Waals surface area contributed by atoms with Crippen molar-refractivity contribution >= 4 is 16.9 Å². The van der Waals surface area contributed by atoms with Crippen LogP contribution in [0.25, 0.3) is 11.0 Å². The summed E-state index contributed by atoms with van der Waals surface area (Å²) in [7, 11) is 1.98. The van der Waals surface area contributed by atoms with Crippen LogP contribution < -0.4 is 4.74 Å². The van der Waals surface area contributed by atoms with Gasteiger partial charge in [-0.2, -0.15) is 13.2 Å². The number of H-pyrrole nitrogens is 1. The van der Waals surface area contributed by atoms with Crippen molar-refractivity contribution in [3.8, 4) is 11.5 Å². The van der Waals surface area contributed by atoms with E-state index in [-0.39, 0.29) is 48.5 Å². The Bertz CT molecular complexity index is 1830. The number of piperazine rings is 1. The SMILES string of the molecule is C[C@@H]1Cc2ccc(Oc3c(F)cnc4[nH]c(C5(O)CC5)cc34)cc2CN1C(=O)Cc1cnc(CN2CCN(C)CC2)c(C(F)(F)F)c1. The third-order valence-corrected chi connectivity index (χ3v) is 9.55. The number of rotatable bonds is 7. The first kappa shape index (κ1) is 31.5. The number of ether oxygens (including phenoxy) is 1. The van der Waals surface area contributed by atoms with E-state index in [0.717, 1.165) is 36.5 Å². The smallest absolute Gasteiger partial charge is 0.418 e. The highest BCUT2D eigenvalue weighted by atomic mass is 19.4. The van der Waals surface area contributed by atoms with Gasteiger partial charge in [-0.1, -0.05) is 6.07 Å². The second-order valence-electron chi connectivity index (χ2n) is 13.1. The second-order valence-corrected chi connectivity index (χ2v) is 13.1. The molecular weight excluding hydrogens is 616 g/mol. The van der Waals surface area contributed by atoms with E-state index in [0.29, 0.717) is 54.8 Å². The van der Waals surface area contributed by atoms with E-state index >= 15 is 0 Å². The Balaban J connectivity index is 1.08. The molecule has 3 aliphatic rings. The van der Waals surface area contributed by atoms with Gasteiger partial charge in [0.2, 0.25) is 5.91 Å². The number of fused-ring (bicyclic) bond motifs is 2. The third kappa shape index (κ3) is 6.43. The van der Waals surface area contributed by atoms with Crippen LogP contribution >= 0.6 is 0 Å². The fourth-order valence-corrected chi connectivity index (χ4v) is 6.50. The summed E-state index contributed by atoms with van der Waals surface area (Å²) in [5, 5.41) is 10.9. The summed E-state index contributed by atoms with van der Waals surface area (Å²) >= 11 is 0. The Morgan fingerprint density at radius 2 is 1.85 bits per heavy atom. The molecule has 5 heterocycles. The number of benzene rings is 1. The molecule has 9 nitrogen and oxygen atoms in total. The molecule has 1 aliphatic carbocycles. The predicted octanol–water partition coefficient (Wildman–Crippen LogP) is 5.15. The van der Waals surface area contributed by atoms with Gasteiger partial charge in [0.25, 0.3) is 0 Å². The average molecular weight is 653 g/mol. The van der Waals surface area contributed by atoms with Crippen LogP contribution in [0.5, 0.6) is 11.5 Å². The van der Waals surface area contributed by atoms with E-state index < -0.39 is 23.2 Å². The van der Waals surface area contributed by atoms with Gasteiger partial charge in [-0.3, -0.25) is 14.7 Å². The molecule has 0 unspecified atom stereocenters. The van der Waals surface area contributed by atoms with Crippen molar-refractivity contribution in [3.05, 3.63) is 82.2 Å². The van der Waals surface area contributed by atoms with Gasteiger partial charge in [0, 0.05) is 57.2 Å². The van der Waals surface area contributed by atoms with Gasteiger partial charge < -0.3 is 24.6 Å². The molecule has 4 aromatic rings. The zero-order chi connectivity index (χ0) is 33.1. The minimum absolute atomic E-state index is 0.0251. The molecule has 47 heavy (non-hydrogen) atoms. The van der Waals surface area contributed by atoms with E-state index in [9.17, 15) is 27.5 Å². The van der Waals surface area contributed by atoms with Crippen LogP contribution in [0.15, 0.2) is 42.7 Å². The first-order valence-electron chi connectivity index (χ1n) is 15.8. The third-order valence-electron chi connectivity index (χ3n) is 9.55. The molecule has 1 saturated heterocycles. The van der Waals surface area contributed by atoms with Crippen LogP contribution in [-0.4, -0.2) is 79.9 Å². The number of alkyl halides is 3. The zero-order valence-electron chi connectivity index (χ0n) is 26.2. The van der Waals surface area contributed by atoms with Crippen molar-refractivity contribution in [1.29, 1.82) is 0 Å². The fourth-order valence-electron chi connectivity index (χ4n) is 6.50. The summed E-state index contributed by atoms with van der Waals surface area (Å²) in [6, 6.07) is 7.91. The maximum atomic E-state index is 15.0. The monoisotopic (exact) mass is 652 g/mol. The second kappa shape index (κ2) is 11.9. The van der Waals surface area contributed by atoms with Gasteiger partial charge in [-0.15, -0.1) is 0 Å². The molecule has 0 bridgehead atoms. The van der Waals surface area contributed by atoms with E-state index in [4.69, 9.17) is 4.74 Å². The van der Waals surface area contributed by atoms with Crippen LogP contribution in [0.1, 0.15) is 53.4 Å². The molecule has 7 rings (SSSR count). The van der Waals surface area contributed by atoms with Crippen molar-refractivity contribution in [2.24, 2.45) is 0 Å². The number of likely N-dealkylation sites (N-methyl/N-ethyl adjacent to an activating group) is 1. The normalized spacial score (nSPS) is 20.0. The van der Waals surface area contributed by atoms with E-state index in [2.05, 4.69) is 19.9 Å². The number of nitrogens with one attached hydrogen (secondary N) is 1. The lowest BCUT2D eigenvalue weighted by atomic mass is 9.94. The predicted molar refractivity (Wildman–Crippen MR) is 165 cm³/mol. The fraction of sp³-hybridized carbons (Fsp3) is 0.441. The van der Waals surface area contributed by atoms with Crippen molar-refractivity contribution in [1.82, 2.24) is 29.7 Å². The van der Waals surface area contributed by atoms with Gasteiger partial charge in [0.15, 0.2) is 11.6 Å². The number of aromatic nitrogens is 3. The molecule has 1 atom stereocenters. The molecule has 1 saturated carbocycles. The molecule has 248 valence electrons. The van der Waals surface area contributed by atoms with Gasteiger partial charge in [-0.05, 0) is 74.2 Å². The van der Waals surface area contributed by atoms with Crippen molar-refractivity contribution in [3.63, 3.8) is 0 Å². The topological polar surface area (TPSA) is 97.8 Å². The Morgan fingerprint density at radius 1 is 1.09 bits per heavy atom. The number of nitrogens with zero attached hydrogens (tertiary/aromatic N) is 5. The van der Waals surface area contributed by atoms with Gasteiger partial charge in [0.05, 0.1) is 29.3 Å². The molecule has 2 fully saturated rings. The highest BCUT2D eigenvalue weighted by Crippen LogP contribution is 2.46. The molecule has 1 aromatic carbocycles. The summed E-state index contributed by atoms with van der Waals surface area (Å²) in [6.45, 7) is 5.12. The van der Waals surface area contributed by atoms with Gasteiger partial charge >= 0.3 is 6.18 Å². The Hall–Kier alpha value is -4.07. The molecule has 0 spiro atoms. The summed E-state index contributed by atoms with van der Waals surface area (Å²) in [4.78, 5) is 30.6. The van der Waals surface area contributed by atoms with Gasteiger partial charge in [0.1, 0.15) is 17.0 Å². The lowest BCUT2D eigenvalue weighted by Gasteiger charge is -2.35. The number of carbonyl (C=O) groups is 1. The molecule has 13 heteroatoms. The summed E-state index contributed by atoms with van der Waals surface area (Å²) in [6.07, 6.45) is -0.605. The largest absolute Gasteiger partial charge is 0.453 e. The quantitative estimate of drug-likeness (QED) is 0.267. The first-order chi connectivity index (χ1) is 22.4. The number of aromatic amines is 1. The highest BCUT2D eigenvalue weighted by Gasteiger charge is 2.44.